The molecule has 0 unspecified atom stereocenters. The van der Waals surface area contributed by atoms with Gasteiger partial charge in [-0.15, -0.1) is 0 Å². The minimum atomic E-state index is -0.920. The molecule has 22 heavy (non-hydrogen) atoms. The summed E-state index contributed by atoms with van der Waals surface area (Å²) in [4.78, 5) is 23.7. The second-order valence-electron chi connectivity index (χ2n) is 4.17. The summed E-state index contributed by atoms with van der Waals surface area (Å²) in [6.45, 7) is 0. The van der Waals surface area contributed by atoms with Crippen LogP contribution in [0.25, 0.3) is 0 Å². The molecule has 0 heterocycles. The molecule has 2 N–H and O–H groups in total. The molecule has 0 saturated heterocycles. The molecule has 0 fully saturated rings. The van der Waals surface area contributed by atoms with Gasteiger partial charge in [0, 0.05) is 0 Å². The third-order valence-electron chi connectivity index (χ3n) is 2.70. The fraction of sp³-hybridized carbons (Fsp3) is 0. The van der Waals surface area contributed by atoms with E-state index in [0.29, 0.717) is 0 Å². The smallest absolute Gasteiger partial charge is 0.314 e. The number of benzene rings is 2. The summed E-state index contributed by atoms with van der Waals surface area (Å²) in [5.74, 6) is -1.84. The molecule has 0 aliphatic rings. The van der Waals surface area contributed by atoms with Gasteiger partial charge in [-0.2, -0.15) is 5.26 Å². The van der Waals surface area contributed by atoms with Crippen LogP contribution in [0, 0.1) is 11.3 Å². The summed E-state index contributed by atoms with van der Waals surface area (Å²) >= 11 is 11.8. The Balaban J connectivity index is 2.12. The van der Waals surface area contributed by atoms with E-state index in [2.05, 4.69) is 10.6 Å². The summed E-state index contributed by atoms with van der Waals surface area (Å²) in [6.07, 6.45) is 0. The number of carbonyl (C=O) groups is 2. The van der Waals surface area contributed by atoms with Crippen molar-refractivity contribution in [3.05, 3.63) is 58.1 Å². The Kier molecular flexibility index (Phi) is 4.99. The first-order valence-electron chi connectivity index (χ1n) is 6.08. The number of amides is 2. The number of rotatable bonds is 2. The van der Waals surface area contributed by atoms with Crippen LogP contribution in [0.1, 0.15) is 5.56 Å². The molecule has 2 amide bonds. The molecule has 5 nitrogen and oxygen atoms in total. The van der Waals surface area contributed by atoms with Crippen LogP contribution < -0.4 is 10.6 Å². The van der Waals surface area contributed by atoms with Gasteiger partial charge in [0.25, 0.3) is 0 Å². The van der Waals surface area contributed by atoms with E-state index < -0.39 is 11.8 Å². The van der Waals surface area contributed by atoms with Gasteiger partial charge in [0.2, 0.25) is 0 Å². The van der Waals surface area contributed by atoms with Crippen LogP contribution in [-0.2, 0) is 9.59 Å². The molecular formula is C15H9Cl2N3O2. The lowest BCUT2D eigenvalue weighted by Crippen LogP contribution is -2.29. The summed E-state index contributed by atoms with van der Waals surface area (Å²) in [6, 6.07) is 12.9. The van der Waals surface area contributed by atoms with Crippen molar-refractivity contribution in [2.45, 2.75) is 0 Å². The quantitative estimate of drug-likeness (QED) is 0.826. The van der Waals surface area contributed by atoms with Gasteiger partial charge in [0.15, 0.2) is 0 Å². The third-order valence-corrected chi connectivity index (χ3v) is 3.52. The van der Waals surface area contributed by atoms with Gasteiger partial charge in [-0.1, -0.05) is 41.4 Å². The Morgan fingerprint density at radius 2 is 1.50 bits per heavy atom. The molecule has 0 atom stereocenters. The van der Waals surface area contributed by atoms with Crippen molar-refractivity contribution in [3.8, 4) is 6.07 Å². The van der Waals surface area contributed by atoms with Gasteiger partial charge >= 0.3 is 11.8 Å². The average molecular weight is 334 g/mol. The fourth-order valence-corrected chi connectivity index (χ4v) is 2.00. The first kappa shape index (κ1) is 15.8. The maximum atomic E-state index is 11.9. The molecule has 7 heteroatoms. The fourth-order valence-electron chi connectivity index (χ4n) is 1.65. The summed E-state index contributed by atoms with van der Waals surface area (Å²) in [7, 11) is 0. The van der Waals surface area contributed by atoms with E-state index in [-0.39, 0.29) is 27.0 Å². The number of nitrogens with zero attached hydrogens (tertiary/aromatic N) is 1. The lowest BCUT2D eigenvalue weighted by Gasteiger charge is -2.09. The summed E-state index contributed by atoms with van der Waals surface area (Å²) in [5.41, 5.74) is 0.731. The van der Waals surface area contributed by atoms with E-state index in [0.717, 1.165) is 0 Å². The number of nitrogens with one attached hydrogen (secondary N) is 2. The van der Waals surface area contributed by atoms with E-state index >= 15 is 0 Å². The van der Waals surface area contributed by atoms with Gasteiger partial charge < -0.3 is 10.6 Å². The number of anilines is 2. The van der Waals surface area contributed by atoms with Gasteiger partial charge in [0.1, 0.15) is 6.07 Å². The molecule has 2 aromatic rings. The van der Waals surface area contributed by atoms with Crippen molar-refractivity contribution < 1.29 is 9.59 Å². The molecule has 0 aromatic heterocycles. The Hall–Kier alpha value is -2.55. The predicted molar refractivity (Wildman–Crippen MR) is 84.9 cm³/mol. The van der Waals surface area contributed by atoms with Gasteiger partial charge in [-0.25, -0.2) is 0 Å². The molecule has 0 bridgehead atoms. The Morgan fingerprint density at radius 1 is 0.909 bits per heavy atom. The first-order valence-corrected chi connectivity index (χ1v) is 6.84. The minimum Gasteiger partial charge on any atom is -0.317 e. The van der Waals surface area contributed by atoms with Crippen molar-refractivity contribution in [2.75, 3.05) is 10.6 Å². The highest BCUT2D eigenvalue weighted by Gasteiger charge is 2.17. The van der Waals surface area contributed by atoms with E-state index in [9.17, 15) is 9.59 Å². The van der Waals surface area contributed by atoms with E-state index in [1.165, 1.54) is 18.2 Å². The first-order chi connectivity index (χ1) is 10.5. The van der Waals surface area contributed by atoms with E-state index in [1.54, 1.807) is 24.3 Å². The van der Waals surface area contributed by atoms with Crippen LogP contribution in [0.3, 0.4) is 0 Å². The predicted octanol–water partition coefficient (Wildman–Crippen LogP) is 3.44. The lowest BCUT2D eigenvalue weighted by atomic mass is 10.2. The highest BCUT2D eigenvalue weighted by atomic mass is 35.5. The average Bonchev–Trinajstić information content (AvgIpc) is 2.52. The second-order valence-corrected chi connectivity index (χ2v) is 4.95. The SMILES string of the molecule is N#Cc1ccccc1NC(=O)C(=O)Nc1cccc(Cl)c1Cl. The van der Waals surface area contributed by atoms with Crippen LogP contribution in [0.2, 0.25) is 10.0 Å². The van der Waals surface area contributed by atoms with Crippen molar-refractivity contribution in [1.29, 1.82) is 5.26 Å². The summed E-state index contributed by atoms with van der Waals surface area (Å²) < 4.78 is 0. The number of nitriles is 1. The highest BCUT2D eigenvalue weighted by Crippen LogP contribution is 2.29. The largest absolute Gasteiger partial charge is 0.317 e. The molecule has 2 aromatic carbocycles. The number of para-hydroxylation sites is 1. The van der Waals surface area contributed by atoms with E-state index in [1.807, 2.05) is 6.07 Å². The zero-order valence-corrected chi connectivity index (χ0v) is 12.6. The van der Waals surface area contributed by atoms with Crippen molar-refractivity contribution in [3.63, 3.8) is 0 Å². The normalized spacial score (nSPS) is 9.68. The van der Waals surface area contributed by atoms with Crippen LogP contribution in [0.15, 0.2) is 42.5 Å². The van der Waals surface area contributed by atoms with E-state index in [4.69, 9.17) is 28.5 Å². The van der Waals surface area contributed by atoms with Crippen molar-refractivity contribution in [2.24, 2.45) is 0 Å². The number of hydrogen-bond acceptors (Lipinski definition) is 3. The van der Waals surface area contributed by atoms with Gasteiger partial charge in [0.05, 0.1) is 27.0 Å². The standard InChI is InChI=1S/C15H9Cl2N3O2/c16-10-5-3-7-12(13(10)17)20-15(22)14(21)19-11-6-2-1-4-9(11)8-18/h1-7H,(H,19,21)(H,20,22). The molecule has 2 rings (SSSR count). The zero-order valence-electron chi connectivity index (χ0n) is 11.1. The molecule has 0 aliphatic carbocycles. The molecule has 0 saturated carbocycles. The monoisotopic (exact) mass is 333 g/mol. The van der Waals surface area contributed by atoms with Crippen LogP contribution in [0.4, 0.5) is 11.4 Å². The van der Waals surface area contributed by atoms with Crippen molar-refractivity contribution in [1.82, 2.24) is 0 Å². The third kappa shape index (κ3) is 3.55. The van der Waals surface area contributed by atoms with Gasteiger partial charge in [-0.3, -0.25) is 9.59 Å². The Bertz CT molecular complexity index is 785. The van der Waals surface area contributed by atoms with Crippen LogP contribution in [0.5, 0.6) is 0 Å². The Morgan fingerprint density at radius 3 is 2.18 bits per heavy atom. The zero-order chi connectivity index (χ0) is 16.1. The van der Waals surface area contributed by atoms with Gasteiger partial charge in [-0.05, 0) is 24.3 Å². The Labute approximate surface area is 136 Å². The molecule has 0 radical (unpaired) electrons. The highest BCUT2D eigenvalue weighted by molar-refractivity contribution is 6.47. The lowest BCUT2D eigenvalue weighted by molar-refractivity contribution is -0.132. The second kappa shape index (κ2) is 6.94. The van der Waals surface area contributed by atoms with Crippen LogP contribution in [-0.4, -0.2) is 11.8 Å². The number of carbonyl (C=O) groups excluding carboxylic acids is 2. The molecule has 110 valence electrons. The maximum Gasteiger partial charge on any atom is 0.314 e. The molecule has 0 aliphatic heterocycles. The van der Waals surface area contributed by atoms with Crippen molar-refractivity contribution >= 4 is 46.4 Å². The number of halogens is 2. The number of hydrogen-bond donors (Lipinski definition) is 2. The molecular weight excluding hydrogens is 325 g/mol. The minimum absolute atomic E-state index is 0.141. The molecule has 0 spiro atoms. The maximum absolute atomic E-state index is 11.9. The topological polar surface area (TPSA) is 82.0 Å². The summed E-state index contributed by atoms with van der Waals surface area (Å²) in [5, 5.41) is 14.1. The van der Waals surface area contributed by atoms with Crippen LogP contribution >= 0.6 is 23.2 Å².